The van der Waals surface area contributed by atoms with E-state index in [1.807, 2.05) is 18.7 Å². The third-order valence-electron chi connectivity index (χ3n) is 6.26. The van der Waals surface area contributed by atoms with Crippen molar-refractivity contribution in [3.8, 4) is 0 Å². The molecule has 13 heteroatoms. The lowest BCUT2D eigenvalue weighted by molar-refractivity contribution is -0.138. The predicted octanol–water partition coefficient (Wildman–Crippen LogP) is 2.38. The number of amides is 1. The molecule has 1 N–H and O–H groups in total. The fraction of sp³-hybridized carbons (Fsp3) is 0.522. The van der Waals surface area contributed by atoms with Crippen molar-refractivity contribution in [2.75, 3.05) is 37.7 Å². The average Bonchev–Trinajstić information content (AvgIpc) is 3.14. The lowest BCUT2D eigenvalue weighted by Crippen LogP contribution is -2.61. The van der Waals surface area contributed by atoms with Gasteiger partial charge in [0, 0.05) is 25.8 Å². The maximum Gasteiger partial charge on any atom is 0.417 e. The number of carbonyl (C=O) groups excluding carboxylic acids is 1. The zero-order chi connectivity index (χ0) is 26.1. The van der Waals surface area contributed by atoms with E-state index in [1.54, 1.807) is 22.7 Å². The number of pyridine rings is 1. The number of anilines is 1. The fourth-order valence-electron chi connectivity index (χ4n) is 4.47. The summed E-state index contributed by atoms with van der Waals surface area (Å²) in [7, 11) is 0. The number of aromatic amines is 1. The highest BCUT2D eigenvalue weighted by Crippen LogP contribution is 2.31. The molecule has 0 bridgehead atoms. The standard InChI is InChI=1S/C23H28F3N7O3/c1-15-20-17(13-28-29-21(20)35)33(30-15)9-11-36-10-6-19(34)31-7-8-32(22(2,3)14-31)18-5-4-16(12-27-18)23(24,25)26/h4-5,12-13H,6-11,14H2,1-3H3,(H,29,35). The molecule has 0 unspecified atom stereocenters. The van der Waals surface area contributed by atoms with Gasteiger partial charge in [0.1, 0.15) is 5.82 Å². The van der Waals surface area contributed by atoms with Crippen LogP contribution >= 0.6 is 0 Å². The third-order valence-corrected chi connectivity index (χ3v) is 6.26. The summed E-state index contributed by atoms with van der Waals surface area (Å²) in [5, 5.41) is 11.1. The number of H-pyrrole nitrogens is 1. The van der Waals surface area contributed by atoms with Crippen LogP contribution in [0.15, 0.2) is 29.3 Å². The quantitative estimate of drug-likeness (QED) is 0.489. The van der Waals surface area contributed by atoms with Gasteiger partial charge in [0.25, 0.3) is 5.56 Å². The number of hydrogen-bond donors (Lipinski definition) is 1. The number of carbonyl (C=O) groups is 1. The summed E-state index contributed by atoms with van der Waals surface area (Å²) in [5.74, 6) is 0.390. The van der Waals surface area contributed by atoms with E-state index in [1.165, 1.54) is 6.07 Å². The van der Waals surface area contributed by atoms with E-state index in [4.69, 9.17) is 4.74 Å². The molecule has 3 aromatic rings. The highest BCUT2D eigenvalue weighted by atomic mass is 19.4. The Morgan fingerprint density at radius 3 is 2.64 bits per heavy atom. The largest absolute Gasteiger partial charge is 0.417 e. The van der Waals surface area contributed by atoms with Gasteiger partial charge in [-0.2, -0.15) is 23.4 Å². The molecule has 1 amide bonds. The summed E-state index contributed by atoms with van der Waals surface area (Å²) in [5.41, 5.74) is -0.360. The number of aromatic nitrogens is 5. The van der Waals surface area contributed by atoms with Gasteiger partial charge in [-0.1, -0.05) is 0 Å². The smallest absolute Gasteiger partial charge is 0.379 e. The summed E-state index contributed by atoms with van der Waals surface area (Å²) in [6, 6.07) is 2.39. The maximum absolute atomic E-state index is 12.8. The van der Waals surface area contributed by atoms with Gasteiger partial charge in [0.2, 0.25) is 5.91 Å². The average molecular weight is 508 g/mol. The van der Waals surface area contributed by atoms with E-state index in [0.717, 1.165) is 12.3 Å². The molecule has 1 fully saturated rings. The van der Waals surface area contributed by atoms with E-state index in [0.29, 0.717) is 55.2 Å². The first-order valence-electron chi connectivity index (χ1n) is 11.5. The number of piperazine rings is 1. The molecule has 3 aromatic heterocycles. The lowest BCUT2D eigenvalue weighted by Gasteiger charge is -2.47. The Morgan fingerprint density at radius 1 is 1.19 bits per heavy atom. The zero-order valence-electron chi connectivity index (χ0n) is 20.3. The second kappa shape index (κ2) is 9.88. The van der Waals surface area contributed by atoms with Gasteiger partial charge in [-0.25, -0.2) is 10.1 Å². The van der Waals surface area contributed by atoms with Crippen LogP contribution in [0, 0.1) is 6.92 Å². The first-order valence-corrected chi connectivity index (χ1v) is 11.5. The Labute approximate surface area is 205 Å². The zero-order valence-corrected chi connectivity index (χ0v) is 20.3. The Kier molecular flexibility index (Phi) is 7.03. The molecule has 10 nitrogen and oxygen atoms in total. The Bertz CT molecular complexity index is 1280. The summed E-state index contributed by atoms with van der Waals surface area (Å²) in [4.78, 5) is 32.3. The first kappa shape index (κ1) is 25.6. The number of hydrogen-bond acceptors (Lipinski definition) is 7. The Morgan fingerprint density at radius 2 is 1.97 bits per heavy atom. The third kappa shape index (κ3) is 5.35. The van der Waals surface area contributed by atoms with Crippen LogP contribution in [0.1, 0.15) is 31.5 Å². The van der Waals surface area contributed by atoms with Crippen LogP contribution < -0.4 is 10.5 Å². The molecule has 0 spiro atoms. The van der Waals surface area contributed by atoms with Crippen LogP contribution in [-0.2, 0) is 22.3 Å². The molecule has 194 valence electrons. The van der Waals surface area contributed by atoms with Gasteiger partial charge in [0.05, 0.1) is 60.1 Å². The van der Waals surface area contributed by atoms with Gasteiger partial charge in [-0.3, -0.25) is 14.3 Å². The number of ether oxygens (including phenoxy) is 1. The summed E-state index contributed by atoms with van der Waals surface area (Å²) >= 11 is 0. The van der Waals surface area contributed by atoms with Crippen molar-refractivity contribution in [3.63, 3.8) is 0 Å². The molecular weight excluding hydrogens is 479 g/mol. The molecular formula is C23H28F3N7O3. The van der Waals surface area contributed by atoms with Crippen LogP contribution in [0.4, 0.5) is 19.0 Å². The topological polar surface area (TPSA) is 109 Å². The molecule has 0 aliphatic carbocycles. The number of fused-ring (bicyclic) bond motifs is 1. The van der Waals surface area contributed by atoms with Crippen LogP contribution in [0.5, 0.6) is 0 Å². The fourth-order valence-corrected chi connectivity index (χ4v) is 4.47. The van der Waals surface area contributed by atoms with Gasteiger partial charge in [0.15, 0.2) is 0 Å². The van der Waals surface area contributed by atoms with E-state index in [2.05, 4.69) is 20.3 Å². The second-order valence-electron chi connectivity index (χ2n) is 9.31. The predicted molar refractivity (Wildman–Crippen MR) is 126 cm³/mol. The number of nitrogens with one attached hydrogen (secondary N) is 1. The lowest BCUT2D eigenvalue weighted by atomic mass is 9.98. The molecule has 4 rings (SSSR count). The van der Waals surface area contributed by atoms with E-state index in [-0.39, 0.29) is 24.5 Å². The summed E-state index contributed by atoms with van der Waals surface area (Å²) < 4.78 is 45.8. The first-order chi connectivity index (χ1) is 17.0. The number of nitrogens with zero attached hydrogens (tertiary/aromatic N) is 6. The number of aryl methyl sites for hydroxylation is 1. The number of halogens is 3. The van der Waals surface area contributed by atoms with Crippen molar-refractivity contribution in [2.45, 2.75) is 45.5 Å². The monoisotopic (exact) mass is 507 g/mol. The maximum atomic E-state index is 12.8. The molecule has 0 atom stereocenters. The van der Waals surface area contributed by atoms with Crippen LogP contribution in [0.3, 0.4) is 0 Å². The molecule has 4 heterocycles. The SMILES string of the molecule is Cc1nn(CCOCCC(=O)N2CCN(c3ccc(C(F)(F)F)cn3)C(C)(C)C2)c2cn[nH]c(=O)c12. The van der Waals surface area contributed by atoms with E-state index >= 15 is 0 Å². The molecule has 36 heavy (non-hydrogen) atoms. The van der Waals surface area contributed by atoms with Gasteiger partial charge < -0.3 is 14.5 Å². The van der Waals surface area contributed by atoms with Crippen molar-refractivity contribution >= 4 is 22.6 Å². The molecule has 1 aliphatic heterocycles. The van der Waals surface area contributed by atoms with Crippen molar-refractivity contribution in [2.24, 2.45) is 0 Å². The van der Waals surface area contributed by atoms with Gasteiger partial charge in [-0.05, 0) is 32.9 Å². The molecule has 0 radical (unpaired) electrons. The number of rotatable bonds is 7. The highest BCUT2D eigenvalue weighted by Gasteiger charge is 2.37. The molecule has 0 aromatic carbocycles. The van der Waals surface area contributed by atoms with Crippen molar-refractivity contribution in [1.29, 1.82) is 0 Å². The normalized spacial score (nSPS) is 16.1. The van der Waals surface area contributed by atoms with Crippen LogP contribution in [0.2, 0.25) is 0 Å². The summed E-state index contributed by atoms with van der Waals surface area (Å²) in [6.07, 6.45) is -1.85. The highest BCUT2D eigenvalue weighted by molar-refractivity contribution is 5.79. The van der Waals surface area contributed by atoms with E-state index < -0.39 is 17.3 Å². The molecule has 1 saturated heterocycles. The summed E-state index contributed by atoms with van der Waals surface area (Å²) in [6.45, 7) is 7.87. The minimum atomic E-state index is -4.43. The minimum Gasteiger partial charge on any atom is -0.379 e. The van der Waals surface area contributed by atoms with E-state index in [9.17, 15) is 22.8 Å². The Balaban J connectivity index is 1.26. The number of alkyl halides is 3. The van der Waals surface area contributed by atoms with Crippen molar-refractivity contribution in [1.82, 2.24) is 29.9 Å². The van der Waals surface area contributed by atoms with Crippen molar-refractivity contribution in [3.05, 3.63) is 46.1 Å². The molecule has 1 aliphatic rings. The van der Waals surface area contributed by atoms with Gasteiger partial charge in [-0.15, -0.1) is 0 Å². The van der Waals surface area contributed by atoms with Crippen molar-refractivity contribution < 1.29 is 22.7 Å². The van der Waals surface area contributed by atoms with Gasteiger partial charge >= 0.3 is 6.18 Å². The minimum absolute atomic E-state index is 0.0563. The Hall–Kier alpha value is -3.48. The van der Waals surface area contributed by atoms with Crippen LogP contribution in [-0.4, -0.2) is 74.2 Å². The van der Waals surface area contributed by atoms with Crippen LogP contribution in [0.25, 0.3) is 10.9 Å². The second-order valence-corrected chi connectivity index (χ2v) is 9.31. The molecule has 0 saturated carbocycles.